The molecule has 1 aromatic rings. The summed E-state index contributed by atoms with van der Waals surface area (Å²) in [6.07, 6.45) is 9.55. The average Bonchev–Trinajstić information content (AvgIpc) is 3.29. The maximum Gasteiger partial charge on any atom is 0.223 e. The number of thiazole rings is 1. The average molecular weight is 350 g/mol. The molecule has 0 saturated carbocycles. The summed E-state index contributed by atoms with van der Waals surface area (Å²) in [5, 5.41) is 3.25. The minimum absolute atomic E-state index is 0.0840. The maximum absolute atomic E-state index is 12.5. The lowest BCUT2D eigenvalue weighted by Gasteiger charge is -2.39. The number of carbonyl (C=O) groups is 1. The summed E-state index contributed by atoms with van der Waals surface area (Å²) in [5.41, 5.74) is 0.0840. The van der Waals surface area contributed by atoms with E-state index in [1.54, 1.807) is 11.3 Å². The van der Waals surface area contributed by atoms with E-state index >= 15 is 0 Å². The van der Waals surface area contributed by atoms with Gasteiger partial charge in [0.05, 0.1) is 12.6 Å². The number of amides is 1. The highest BCUT2D eigenvalue weighted by molar-refractivity contribution is 7.09. The lowest BCUT2D eigenvalue weighted by molar-refractivity contribution is -0.133. The van der Waals surface area contributed by atoms with Gasteiger partial charge in [-0.2, -0.15) is 0 Å². The second-order valence-corrected chi connectivity index (χ2v) is 8.40. The summed E-state index contributed by atoms with van der Waals surface area (Å²) in [6.45, 7) is 4.80. The zero-order valence-corrected chi connectivity index (χ0v) is 15.1. The summed E-state index contributed by atoms with van der Waals surface area (Å²) >= 11 is 1.74. The molecule has 5 nitrogen and oxygen atoms in total. The summed E-state index contributed by atoms with van der Waals surface area (Å²) in [7, 11) is 0. The van der Waals surface area contributed by atoms with Gasteiger partial charge in [-0.05, 0) is 45.1 Å². The van der Waals surface area contributed by atoms with Crippen molar-refractivity contribution in [2.75, 3.05) is 26.2 Å². The third-order valence-electron chi connectivity index (χ3n) is 5.94. The van der Waals surface area contributed by atoms with Crippen LogP contribution in [-0.2, 0) is 16.1 Å². The molecule has 0 unspecified atom stereocenters. The van der Waals surface area contributed by atoms with Gasteiger partial charge in [0.1, 0.15) is 5.01 Å². The molecule has 6 heteroatoms. The Labute approximate surface area is 148 Å². The lowest BCUT2D eigenvalue weighted by Crippen LogP contribution is -2.49. The van der Waals surface area contributed by atoms with Gasteiger partial charge in [-0.3, -0.25) is 9.69 Å². The fraction of sp³-hybridized carbons (Fsp3) is 0.778. The van der Waals surface area contributed by atoms with Gasteiger partial charge in [0, 0.05) is 43.2 Å². The van der Waals surface area contributed by atoms with Crippen molar-refractivity contribution in [1.82, 2.24) is 14.8 Å². The van der Waals surface area contributed by atoms with Crippen molar-refractivity contribution >= 4 is 17.2 Å². The lowest BCUT2D eigenvalue weighted by atomic mass is 9.87. The normalized spacial score (nSPS) is 31.9. The molecular formula is C18H27N3O2S. The zero-order valence-electron chi connectivity index (χ0n) is 14.3. The Morgan fingerprint density at radius 2 is 2.25 bits per heavy atom. The van der Waals surface area contributed by atoms with Crippen molar-refractivity contribution in [2.24, 2.45) is 0 Å². The molecule has 1 aromatic heterocycles. The van der Waals surface area contributed by atoms with Gasteiger partial charge in [0.15, 0.2) is 0 Å². The molecule has 0 radical (unpaired) electrons. The Hall–Kier alpha value is -0.980. The van der Waals surface area contributed by atoms with Crippen LogP contribution in [0.15, 0.2) is 11.6 Å². The molecular weight excluding hydrogens is 322 g/mol. The summed E-state index contributed by atoms with van der Waals surface area (Å²) in [5.74, 6) is 0.346. The molecule has 132 valence electrons. The van der Waals surface area contributed by atoms with Crippen molar-refractivity contribution in [2.45, 2.75) is 63.1 Å². The first-order chi connectivity index (χ1) is 11.8. The van der Waals surface area contributed by atoms with Gasteiger partial charge in [-0.25, -0.2) is 4.98 Å². The Morgan fingerprint density at radius 3 is 3.04 bits per heavy atom. The van der Waals surface area contributed by atoms with E-state index in [0.717, 1.165) is 71.3 Å². The highest BCUT2D eigenvalue weighted by Gasteiger charge is 2.46. The third kappa shape index (κ3) is 3.37. The van der Waals surface area contributed by atoms with E-state index in [1.807, 2.05) is 11.6 Å². The van der Waals surface area contributed by atoms with Gasteiger partial charge in [0.25, 0.3) is 0 Å². The summed E-state index contributed by atoms with van der Waals surface area (Å²) in [4.78, 5) is 21.7. The number of aromatic nitrogens is 1. The molecule has 0 aromatic carbocycles. The van der Waals surface area contributed by atoms with E-state index < -0.39 is 0 Å². The number of hydrogen-bond donors (Lipinski definition) is 0. The van der Waals surface area contributed by atoms with Crippen LogP contribution in [0, 0.1) is 0 Å². The molecule has 3 saturated heterocycles. The van der Waals surface area contributed by atoms with Crippen molar-refractivity contribution in [3.63, 3.8) is 0 Å². The maximum atomic E-state index is 12.5. The monoisotopic (exact) mass is 349 g/mol. The fourth-order valence-corrected chi connectivity index (χ4v) is 5.25. The number of ether oxygens (including phenoxy) is 1. The number of rotatable bonds is 4. The molecule has 4 heterocycles. The van der Waals surface area contributed by atoms with E-state index in [2.05, 4.69) is 14.8 Å². The first-order valence-electron chi connectivity index (χ1n) is 9.28. The largest absolute Gasteiger partial charge is 0.376 e. The molecule has 0 N–H and O–H groups in total. The van der Waals surface area contributed by atoms with Gasteiger partial charge < -0.3 is 9.64 Å². The van der Waals surface area contributed by atoms with Crippen molar-refractivity contribution in [1.29, 1.82) is 0 Å². The highest BCUT2D eigenvalue weighted by atomic mass is 32.1. The SMILES string of the molecule is O=C1CC[C@@]2(CCCN(Cc3nccs3)CC2)N1C[C@H]1CCCO1. The van der Waals surface area contributed by atoms with E-state index in [-0.39, 0.29) is 11.6 Å². The zero-order chi connectivity index (χ0) is 16.4. The van der Waals surface area contributed by atoms with E-state index in [0.29, 0.717) is 5.91 Å². The molecule has 24 heavy (non-hydrogen) atoms. The van der Waals surface area contributed by atoms with Crippen molar-refractivity contribution < 1.29 is 9.53 Å². The summed E-state index contributed by atoms with van der Waals surface area (Å²) in [6, 6.07) is 0. The van der Waals surface area contributed by atoms with E-state index in [4.69, 9.17) is 4.74 Å². The topological polar surface area (TPSA) is 45.7 Å². The number of likely N-dealkylation sites (tertiary alicyclic amines) is 2. The molecule has 3 aliphatic rings. The molecule has 2 atom stereocenters. The Balaban J connectivity index is 1.42. The van der Waals surface area contributed by atoms with Crippen LogP contribution < -0.4 is 0 Å². The Kier molecular flexibility index (Phi) is 4.88. The van der Waals surface area contributed by atoms with Crippen LogP contribution in [0.1, 0.15) is 50.0 Å². The molecule has 3 aliphatic heterocycles. The molecule has 1 spiro atoms. The predicted molar refractivity (Wildman–Crippen MR) is 93.9 cm³/mol. The highest BCUT2D eigenvalue weighted by Crippen LogP contribution is 2.40. The van der Waals surface area contributed by atoms with Gasteiger partial charge >= 0.3 is 0 Å². The third-order valence-corrected chi connectivity index (χ3v) is 6.70. The smallest absolute Gasteiger partial charge is 0.223 e. The minimum Gasteiger partial charge on any atom is -0.376 e. The van der Waals surface area contributed by atoms with Crippen molar-refractivity contribution in [3.05, 3.63) is 16.6 Å². The van der Waals surface area contributed by atoms with Crippen LogP contribution in [0.3, 0.4) is 0 Å². The number of carbonyl (C=O) groups excluding carboxylic acids is 1. The standard InChI is InChI=1S/C18H27N3O2S/c22-17-4-6-18(21(17)13-15-3-1-11-23-15)5-2-9-20(10-7-18)14-16-19-8-12-24-16/h8,12,15H,1-7,9-11,13-14H2/t15-,18-/m1/s1. The molecule has 3 fully saturated rings. The molecule has 0 aliphatic carbocycles. The number of nitrogens with zero attached hydrogens (tertiary/aromatic N) is 3. The second-order valence-electron chi connectivity index (χ2n) is 7.42. The first kappa shape index (κ1) is 16.5. The van der Waals surface area contributed by atoms with Crippen LogP contribution in [-0.4, -0.2) is 58.6 Å². The van der Waals surface area contributed by atoms with Crippen LogP contribution in [0.5, 0.6) is 0 Å². The first-order valence-corrected chi connectivity index (χ1v) is 10.2. The van der Waals surface area contributed by atoms with E-state index in [1.165, 1.54) is 11.4 Å². The number of hydrogen-bond acceptors (Lipinski definition) is 5. The molecule has 4 rings (SSSR count). The molecule has 0 bridgehead atoms. The van der Waals surface area contributed by atoms with Crippen molar-refractivity contribution in [3.8, 4) is 0 Å². The van der Waals surface area contributed by atoms with Gasteiger partial charge in [-0.1, -0.05) is 0 Å². The van der Waals surface area contributed by atoms with Crippen LogP contribution >= 0.6 is 11.3 Å². The van der Waals surface area contributed by atoms with Gasteiger partial charge in [0.2, 0.25) is 5.91 Å². The Morgan fingerprint density at radius 1 is 1.29 bits per heavy atom. The molecule has 1 amide bonds. The Bertz CT molecular complexity index is 559. The van der Waals surface area contributed by atoms with Crippen LogP contribution in [0.4, 0.5) is 0 Å². The second kappa shape index (κ2) is 7.10. The van der Waals surface area contributed by atoms with Crippen LogP contribution in [0.2, 0.25) is 0 Å². The fourth-order valence-electron chi connectivity index (χ4n) is 4.60. The van der Waals surface area contributed by atoms with Crippen LogP contribution in [0.25, 0.3) is 0 Å². The quantitative estimate of drug-likeness (QED) is 0.838. The predicted octanol–water partition coefficient (Wildman–Crippen LogP) is 2.67. The minimum atomic E-state index is 0.0840. The van der Waals surface area contributed by atoms with E-state index in [9.17, 15) is 4.79 Å². The summed E-state index contributed by atoms with van der Waals surface area (Å²) < 4.78 is 5.81. The van der Waals surface area contributed by atoms with Gasteiger partial charge in [-0.15, -0.1) is 11.3 Å².